The molecule has 1 aliphatic rings. The number of ether oxygens (including phenoxy) is 2. The topological polar surface area (TPSA) is 120 Å². The number of anilines is 1. The maximum absolute atomic E-state index is 14.8. The van der Waals surface area contributed by atoms with E-state index in [4.69, 9.17) is 20.9 Å². The molecular formula is C19H19FN6O3. The number of guanidine groups is 1. The lowest BCUT2D eigenvalue weighted by Gasteiger charge is -2.40. The highest BCUT2D eigenvalue weighted by atomic mass is 19.1. The Morgan fingerprint density at radius 3 is 2.90 bits per heavy atom. The Hall–Kier alpha value is -3.82. The summed E-state index contributed by atoms with van der Waals surface area (Å²) in [5.74, 6) is -0.146. The SMILES string of the molecule is NC(N)=NC(=O)OCc1cccc(N2CC(Oc3ccc4nccn4c3)C2)c1F. The van der Waals surface area contributed by atoms with Crippen LogP contribution >= 0.6 is 0 Å². The van der Waals surface area contributed by atoms with Gasteiger partial charge < -0.3 is 30.2 Å². The number of hydrogen-bond donors (Lipinski definition) is 2. The van der Waals surface area contributed by atoms with Crippen molar-refractivity contribution in [3.05, 3.63) is 60.3 Å². The van der Waals surface area contributed by atoms with Gasteiger partial charge in [0.25, 0.3) is 0 Å². The summed E-state index contributed by atoms with van der Waals surface area (Å²) in [7, 11) is 0. The smallest absolute Gasteiger partial charge is 0.437 e. The number of fused-ring (bicyclic) bond motifs is 1. The molecular weight excluding hydrogens is 379 g/mol. The van der Waals surface area contributed by atoms with Gasteiger partial charge >= 0.3 is 6.09 Å². The van der Waals surface area contributed by atoms with Crippen LogP contribution in [0, 0.1) is 5.82 Å². The van der Waals surface area contributed by atoms with E-state index in [0.29, 0.717) is 18.8 Å². The molecule has 0 atom stereocenters. The van der Waals surface area contributed by atoms with Crippen LogP contribution in [0.5, 0.6) is 5.75 Å². The lowest BCUT2D eigenvalue weighted by Crippen LogP contribution is -2.54. The van der Waals surface area contributed by atoms with Crippen molar-refractivity contribution in [2.24, 2.45) is 16.5 Å². The molecule has 3 aromatic rings. The van der Waals surface area contributed by atoms with Crippen molar-refractivity contribution in [1.29, 1.82) is 0 Å². The van der Waals surface area contributed by atoms with E-state index in [9.17, 15) is 9.18 Å². The standard InChI is InChI=1S/C19H19FN6O3/c20-17-12(11-28-19(27)24-18(21)22)2-1-3-15(17)26-9-14(10-26)29-13-4-5-16-23-6-7-25(16)8-13/h1-8,14H,9-11H2,(H4,21,22,24,27). The second-order valence-corrected chi connectivity index (χ2v) is 6.54. The number of pyridine rings is 1. The molecule has 10 heteroatoms. The van der Waals surface area contributed by atoms with Gasteiger partial charge in [-0.3, -0.25) is 0 Å². The van der Waals surface area contributed by atoms with Crippen LogP contribution in [0.2, 0.25) is 0 Å². The molecule has 1 amide bonds. The number of halogens is 1. The van der Waals surface area contributed by atoms with Crippen LogP contribution in [0.4, 0.5) is 14.9 Å². The summed E-state index contributed by atoms with van der Waals surface area (Å²) in [5.41, 5.74) is 11.7. The molecule has 0 aliphatic carbocycles. The second-order valence-electron chi connectivity index (χ2n) is 6.54. The maximum Gasteiger partial charge on any atom is 0.437 e. The highest BCUT2D eigenvalue weighted by Crippen LogP contribution is 2.28. The van der Waals surface area contributed by atoms with E-state index in [1.165, 1.54) is 6.07 Å². The number of aromatic nitrogens is 2. The summed E-state index contributed by atoms with van der Waals surface area (Å²) in [4.78, 5) is 20.7. The Morgan fingerprint density at radius 1 is 1.28 bits per heavy atom. The fourth-order valence-electron chi connectivity index (χ4n) is 3.07. The number of carbonyl (C=O) groups excluding carboxylic acids is 1. The van der Waals surface area contributed by atoms with Crippen molar-refractivity contribution < 1.29 is 18.7 Å². The number of rotatable bonds is 5. The minimum absolute atomic E-state index is 0.0567. The summed E-state index contributed by atoms with van der Waals surface area (Å²) >= 11 is 0. The normalized spacial score (nSPS) is 13.8. The third-order valence-corrected chi connectivity index (χ3v) is 4.48. The van der Waals surface area contributed by atoms with E-state index in [1.54, 1.807) is 18.3 Å². The van der Waals surface area contributed by atoms with Gasteiger partial charge in [-0.2, -0.15) is 0 Å². The minimum Gasteiger partial charge on any atom is -0.485 e. The predicted octanol–water partition coefficient (Wildman–Crippen LogP) is 1.65. The molecule has 4 N–H and O–H groups in total. The first-order chi connectivity index (χ1) is 14.0. The molecule has 3 heterocycles. The van der Waals surface area contributed by atoms with Gasteiger partial charge in [-0.05, 0) is 18.2 Å². The first-order valence-electron chi connectivity index (χ1n) is 8.87. The molecule has 1 fully saturated rings. The molecule has 0 unspecified atom stereocenters. The lowest BCUT2D eigenvalue weighted by atomic mass is 10.1. The number of nitrogens with zero attached hydrogens (tertiary/aromatic N) is 4. The van der Waals surface area contributed by atoms with E-state index in [0.717, 1.165) is 11.4 Å². The van der Waals surface area contributed by atoms with Crippen molar-refractivity contribution in [3.63, 3.8) is 0 Å². The van der Waals surface area contributed by atoms with E-state index in [2.05, 4.69) is 9.98 Å². The van der Waals surface area contributed by atoms with E-state index in [-0.39, 0.29) is 18.3 Å². The zero-order valence-corrected chi connectivity index (χ0v) is 15.4. The Balaban J connectivity index is 1.36. The molecule has 150 valence electrons. The van der Waals surface area contributed by atoms with Crippen LogP contribution in [0.15, 0.2) is 53.9 Å². The number of hydrogen-bond acceptors (Lipinski definition) is 5. The molecule has 1 saturated heterocycles. The quantitative estimate of drug-likeness (QED) is 0.495. The van der Waals surface area contributed by atoms with Crippen LogP contribution < -0.4 is 21.1 Å². The third kappa shape index (κ3) is 4.05. The Labute approximate surface area is 165 Å². The van der Waals surface area contributed by atoms with E-state index < -0.39 is 17.9 Å². The molecule has 29 heavy (non-hydrogen) atoms. The summed E-state index contributed by atoms with van der Waals surface area (Å²) in [6.45, 7) is 0.806. The second kappa shape index (κ2) is 7.66. The van der Waals surface area contributed by atoms with Crippen molar-refractivity contribution in [2.75, 3.05) is 18.0 Å². The van der Waals surface area contributed by atoms with E-state index >= 15 is 0 Å². The molecule has 4 rings (SSSR count). The van der Waals surface area contributed by atoms with Gasteiger partial charge in [0.1, 0.15) is 24.1 Å². The summed E-state index contributed by atoms with van der Waals surface area (Å²) < 4.78 is 27.5. The van der Waals surface area contributed by atoms with Crippen molar-refractivity contribution in [3.8, 4) is 5.75 Å². The van der Waals surface area contributed by atoms with Gasteiger partial charge in [-0.15, -0.1) is 4.99 Å². The summed E-state index contributed by atoms with van der Waals surface area (Å²) in [6.07, 6.45) is 4.39. The number of imidazole rings is 1. The van der Waals surface area contributed by atoms with Crippen LogP contribution in [-0.2, 0) is 11.3 Å². The van der Waals surface area contributed by atoms with Crippen molar-refractivity contribution in [1.82, 2.24) is 9.38 Å². The van der Waals surface area contributed by atoms with Gasteiger partial charge in [-0.1, -0.05) is 12.1 Å². The highest BCUT2D eigenvalue weighted by molar-refractivity contribution is 5.87. The Kier molecular flexibility index (Phi) is 4.90. The minimum atomic E-state index is -0.970. The average molecular weight is 398 g/mol. The molecule has 0 radical (unpaired) electrons. The first-order valence-corrected chi connectivity index (χ1v) is 8.87. The van der Waals surface area contributed by atoms with Crippen LogP contribution in [0.3, 0.4) is 0 Å². The molecule has 0 bridgehead atoms. The molecule has 0 spiro atoms. The Morgan fingerprint density at radius 2 is 2.10 bits per heavy atom. The number of benzene rings is 1. The van der Waals surface area contributed by atoms with Gasteiger partial charge in [-0.25, -0.2) is 14.2 Å². The fraction of sp³-hybridized carbons (Fsp3) is 0.211. The van der Waals surface area contributed by atoms with Gasteiger partial charge in [0.05, 0.1) is 25.0 Å². The van der Waals surface area contributed by atoms with Crippen LogP contribution in [-0.4, -0.2) is 40.6 Å². The monoisotopic (exact) mass is 398 g/mol. The zero-order valence-electron chi connectivity index (χ0n) is 15.4. The summed E-state index contributed by atoms with van der Waals surface area (Å²) in [5, 5.41) is 0. The fourth-order valence-corrected chi connectivity index (χ4v) is 3.07. The van der Waals surface area contributed by atoms with Crippen LogP contribution in [0.1, 0.15) is 5.56 Å². The molecule has 1 aliphatic heterocycles. The summed E-state index contributed by atoms with van der Waals surface area (Å²) in [6, 6.07) is 8.64. The van der Waals surface area contributed by atoms with Crippen LogP contribution in [0.25, 0.3) is 5.65 Å². The number of nitrogens with two attached hydrogens (primary N) is 2. The first kappa shape index (κ1) is 18.5. The predicted molar refractivity (Wildman–Crippen MR) is 104 cm³/mol. The Bertz CT molecular complexity index is 1070. The molecule has 0 saturated carbocycles. The highest BCUT2D eigenvalue weighted by Gasteiger charge is 2.31. The largest absolute Gasteiger partial charge is 0.485 e. The van der Waals surface area contributed by atoms with E-state index in [1.807, 2.05) is 33.8 Å². The lowest BCUT2D eigenvalue weighted by molar-refractivity contribution is 0.149. The number of aliphatic imine (C=N–C) groups is 1. The molecule has 1 aromatic carbocycles. The van der Waals surface area contributed by atoms with Gasteiger partial charge in [0.2, 0.25) is 0 Å². The molecule has 9 nitrogen and oxygen atoms in total. The average Bonchev–Trinajstić information content (AvgIpc) is 3.11. The zero-order chi connectivity index (χ0) is 20.4. The van der Waals surface area contributed by atoms with Crippen molar-refractivity contribution in [2.45, 2.75) is 12.7 Å². The van der Waals surface area contributed by atoms with Gasteiger partial charge in [0.15, 0.2) is 11.8 Å². The van der Waals surface area contributed by atoms with Crippen molar-refractivity contribution >= 4 is 23.4 Å². The molecule has 2 aromatic heterocycles. The van der Waals surface area contributed by atoms with Gasteiger partial charge in [0, 0.05) is 18.0 Å². The maximum atomic E-state index is 14.8. The third-order valence-electron chi connectivity index (χ3n) is 4.48. The number of amides is 1. The number of carbonyl (C=O) groups is 1.